The van der Waals surface area contributed by atoms with E-state index in [4.69, 9.17) is 0 Å². The molecule has 130 valence electrons. The van der Waals surface area contributed by atoms with Crippen molar-refractivity contribution in [1.82, 2.24) is 20.2 Å². The van der Waals surface area contributed by atoms with Gasteiger partial charge in [0.1, 0.15) is 0 Å². The smallest absolute Gasteiger partial charge is 0.0731 e. The number of hydrogen-bond acceptors (Lipinski definition) is 4. The second kappa shape index (κ2) is 7.91. The van der Waals surface area contributed by atoms with Gasteiger partial charge >= 0.3 is 0 Å². The molecule has 4 rings (SSSR count). The Hall–Kier alpha value is -2.01. The number of rotatable bonds is 3. The average molecular weight is 355 g/mol. The van der Waals surface area contributed by atoms with Crippen LogP contribution in [-0.4, -0.2) is 34.5 Å². The van der Waals surface area contributed by atoms with E-state index in [2.05, 4.69) is 51.4 Å². The highest BCUT2D eigenvalue weighted by atomic mass is 35.5. The zero-order valence-corrected chi connectivity index (χ0v) is 15.2. The van der Waals surface area contributed by atoms with Gasteiger partial charge in [-0.15, -0.1) is 12.4 Å². The number of benzene rings is 1. The topological polar surface area (TPSA) is 41.0 Å². The summed E-state index contributed by atoms with van der Waals surface area (Å²) >= 11 is 0. The fraction of sp³-hybridized carbons (Fsp3) is 0.300. The molecule has 4 nitrogen and oxygen atoms in total. The van der Waals surface area contributed by atoms with Crippen molar-refractivity contribution in [2.45, 2.75) is 19.5 Å². The van der Waals surface area contributed by atoms with E-state index in [1.54, 1.807) is 0 Å². The summed E-state index contributed by atoms with van der Waals surface area (Å²) in [4.78, 5) is 11.3. The molecule has 1 aromatic carbocycles. The molecule has 5 heteroatoms. The van der Waals surface area contributed by atoms with Gasteiger partial charge in [0.05, 0.1) is 5.52 Å². The molecule has 1 aliphatic heterocycles. The van der Waals surface area contributed by atoms with Crippen LogP contribution in [0.15, 0.2) is 55.0 Å². The minimum atomic E-state index is 0. The van der Waals surface area contributed by atoms with Crippen molar-refractivity contribution < 1.29 is 0 Å². The molecular weight excluding hydrogens is 332 g/mol. The molecule has 25 heavy (non-hydrogen) atoms. The van der Waals surface area contributed by atoms with Gasteiger partial charge in [0, 0.05) is 56.2 Å². The van der Waals surface area contributed by atoms with Gasteiger partial charge in [0.25, 0.3) is 0 Å². The molecule has 1 unspecified atom stereocenters. The van der Waals surface area contributed by atoms with Crippen LogP contribution in [0.2, 0.25) is 0 Å². The largest absolute Gasteiger partial charge is 0.314 e. The fourth-order valence-corrected chi connectivity index (χ4v) is 3.61. The third kappa shape index (κ3) is 3.82. The predicted octanol–water partition coefficient (Wildman–Crippen LogP) is 3.51. The monoisotopic (exact) mass is 354 g/mol. The number of piperazine rings is 1. The molecule has 0 aliphatic carbocycles. The molecule has 3 aromatic rings. The van der Waals surface area contributed by atoms with E-state index in [1.165, 1.54) is 22.1 Å². The number of nitrogens with one attached hydrogen (secondary N) is 1. The van der Waals surface area contributed by atoms with Gasteiger partial charge in [-0.25, -0.2) is 0 Å². The Labute approximate surface area is 154 Å². The Kier molecular flexibility index (Phi) is 5.63. The maximum atomic E-state index is 4.50. The van der Waals surface area contributed by atoms with Crippen molar-refractivity contribution in [3.63, 3.8) is 0 Å². The highest BCUT2D eigenvalue weighted by molar-refractivity contribution is 5.85. The molecule has 3 heterocycles. The van der Waals surface area contributed by atoms with Crippen molar-refractivity contribution in [3.05, 3.63) is 71.7 Å². The lowest BCUT2D eigenvalue weighted by atomic mass is 10.0. The van der Waals surface area contributed by atoms with Crippen LogP contribution in [0.25, 0.3) is 10.9 Å². The SMILES string of the molecule is Cc1cc(CN2CCNCC2c2cccnc2)cc2cccnc12.Cl. The van der Waals surface area contributed by atoms with Crippen LogP contribution < -0.4 is 5.32 Å². The summed E-state index contributed by atoms with van der Waals surface area (Å²) in [7, 11) is 0. The van der Waals surface area contributed by atoms with E-state index in [1.807, 2.05) is 30.7 Å². The third-order valence-electron chi connectivity index (χ3n) is 4.76. The lowest BCUT2D eigenvalue weighted by Gasteiger charge is -2.36. The number of aryl methyl sites for hydroxylation is 1. The molecule has 0 bridgehead atoms. The Balaban J connectivity index is 0.00000182. The third-order valence-corrected chi connectivity index (χ3v) is 4.76. The molecule has 1 atom stereocenters. The van der Waals surface area contributed by atoms with Crippen LogP contribution >= 0.6 is 12.4 Å². The Bertz CT molecular complexity index is 837. The molecule has 0 spiro atoms. The first kappa shape index (κ1) is 17.8. The molecule has 1 N–H and O–H groups in total. The normalized spacial score (nSPS) is 18.0. The van der Waals surface area contributed by atoms with Crippen LogP contribution in [0.3, 0.4) is 0 Å². The molecular formula is C20H23ClN4. The molecule has 0 saturated carbocycles. The van der Waals surface area contributed by atoms with Crippen LogP contribution in [0.4, 0.5) is 0 Å². The molecule has 1 saturated heterocycles. The summed E-state index contributed by atoms with van der Waals surface area (Å²) in [6.45, 7) is 6.15. The first-order valence-corrected chi connectivity index (χ1v) is 8.50. The van der Waals surface area contributed by atoms with E-state index < -0.39 is 0 Å². The van der Waals surface area contributed by atoms with Gasteiger partial charge in [0.2, 0.25) is 0 Å². The maximum Gasteiger partial charge on any atom is 0.0731 e. The van der Waals surface area contributed by atoms with E-state index >= 15 is 0 Å². The zero-order chi connectivity index (χ0) is 16.4. The predicted molar refractivity (Wildman–Crippen MR) is 104 cm³/mol. The average Bonchev–Trinajstić information content (AvgIpc) is 2.63. The molecule has 1 fully saturated rings. The standard InChI is InChI=1S/C20H22N4.ClH/c1-15-10-16(11-17-4-3-7-23-20(15)17)14-24-9-8-22-13-19(24)18-5-2-6-21-12-18;/h2-7,10-12,19,22H,8-9,13-14H2,1H3;1H. The van der Waals surface area contributed by atoms with Gasteiger partial charge in [-0.2, -0.15) is 0 Å². The summed E-state index contributed by atoms with van der Waals surface area (Å²) in [6.07, 6.45) is 5.69. The van der Waals surface area contributed by atoms with Crippen molar-refractivity contribution >= 4 is 23.3 Å². The molecule has 1 aliphatic rings. The second-order valence-corrected chi connectivity index (χ2v) is 6.46. The number of fused-ring (bicyclic) bond motifs is 1. The van der Waals surface area contributed by atoms with Crippen LogP contribution in [0.5, 0.6) is 0 Å². The summed E-state index contributed by atoms with van der Waals surface area (Å²) in [5.41, 5.74) is 4.98. The maximum absolute atomic E-state index is 4.50. The Morgan fingerprint density at radius 1 is 1.20 bits per heavy atom. The van der Waals surface area contributed by atoms with Crippen molar-refractivity contribution in [3.8, 4) is 0 Å². The van der Waals surface area contributed by atoms with Gasteiger partial charge in [-0.3, -0.25) is 14.9 Å². The van der Waals surface area contributed by atoms with Gasteiger partial charge in [0.15, 0.2) is 0 Å². The number of hydrogen-bond donors (Lipinski definition) is 1. The Morgan fingerprint density at radius 2 is 2.08 bits per heavy atom. The number of halogens is 1. The second-order valence-electron chi connectivity index (χ2n) is 6.46. The van der Waals surface area contributed by atoms with Crippen molar-refractivity contribution in [2.75, 3.05) is 19.6 Å². The number of aromatic nitrogens is 2. The highest BCUT2D eigenvalue weighted by Gasteiger charge is 2.24. The summed E-state index contributed by atoms with van der Waals surface area (Å²) in [6, 6.07) is 13.3. The van der Waals surface area contributed by atoms with E-state index in [0.29, 0.717) is 6.04 Å². The van der Waals surface area contributed by atoms with Gasteiger partial charge < -0.3 is 5.32 Å². The van der Waals surface area contributed by atoms with Crippen LogP contribution in [0, 0.1) is 6.92 Å². The van der Waals surface area contributed by atoms with Crippen molar-refractivity contribution in [1.29, 1.82) is 0 Å². The van der Waals surface area contributed by atoms with Crippen LogP contribution in [0.1, 0.15) is 22.7 Å². The van der Waals surface area contributed by atoms with Gasteiger partial charge in [-0.1, -0.05) is 18.2 Å². The number of pyridine rings is 2. The first-order valence-electron chi connectivity index (χ1n) is 8.50. The van der Waals surface area contributed by atoms with E-state index in [0.717, 1.165) is 31.7 Å². The first-order chi connectivity index (χ1) is 11.8. The summed E-state index contributed by atoms with van der Waals surface area (Å²) < 4.78 is 0. The lowest BCUT2D eigenvalue weighted by Crippen LogP contribution is -2.45. The minimum Gasteiger partial charge on any atom is -0.314 e. The molecule has 0 amide bonds. The fourth-order valence-electron chi connectivity index (χ4n) is 3.61. The molecule has 2 aromatic heterocycles. The number of nitrogens with zero attached hydrogens (tertiary/aromatic N) is 3. The lowest BCUT2D eigenvalue weighted by molar-refractivity contribution is 0.153. The zero-order valence-electron chi connectivity index (χ0n) is 14.4. The summed E-state index contributed by atoms with van der Waals surface area (Å²) in [5.74, 6) is 0. The highest BCUT2D eigenvalue weighted by Crippen LogP contribution is 2.25. The molecule has 0 radical (unpaired) electrons. The quantitative estimate of drug-likeness (QED) is 0.781. The van der Waals surface area contributed by atoms with E-state index in [-0.39, 0.29) is 12.4 Å². The van der Waals surface area contributed by atoms with Crippen molar-refractivity contribution in [2.24, 2.45) is 0 Å². The summed E-state index contributed by atoms with van der Waals surface area (Å²) in [5, 5.41) is 4.73. The Morgan fingerprint density at radius 3 is 2.92 bits per heavy atom. The van der Waals surface area contributed by atoms with E-state index in [9.17, 15) is 0 Å². The van der Waals surface area contributed by atoms with Gasteiger partial charge in [-0.05, 0) is 41.8 Å². The minimum absolute atomic E-state index is 0. The van der Waals surface area contributed by atoms with Crippen LogP contribution in [-0.2, 0) is 6.54 Å².